The van der Waals surface area contributed by atoms with Gasteiger partial charge in [0.1, 0.15) is 9.84 Å². The molecule has 1 heterocycles. The summed E-state index contributed by atoms with van der Waals surface area (Å²) >= 11 is 0. The monoisotopic (exact) mass is 259 g/mol. The van der Waals surface area contributed by atoms with E-state index in [0.29, 0.717) is 19.6 Å². The van der Waals surface area contributed by atoms with Gasteiger partial charge >= 0.3 is 0 Å². The number of nitrogens with zero attached hydrogens (tertiary/aromatic N) is 2. The van der Waals surface area contributed by atoms with Crippen LogP contribution >= 0.6 is 0 Å². The third-order valence-electron chi connectivity index (χ3n) is 2.15. The van der Waals surface area contributed by atoms with Gasteiger partial charge in [-0.15, -0.1) is 0 Å². The molecule has 1 N–H and O–H groups in total. The molecule has 0 amide bonds. The summed E-state index contributed by atoms with van der Waals surface area (Å²) in [5, 5.41) is 7.02. The number of rotatable bonds is 6. The SMILES string of the molecule is Cc1ccc(=O)n(CCNCCS(C)(=O)=O)n1. The quantitative estimate of drug-likeness (QED) is 0.675. The van der Waals surface area contributed by atoms with Gasteiger partial charge in [-0.25, -0.2) is 13.1 Å². The first-order valence-electron chi connectivity index (χ1n) is 5.32. The molecule has 0 aliphatic rings. The molecule has 0 atom stereocenters. The van der Waals surface area contributed by atoms with Crippen molar-refractivity contribution in [1.29, 1.82) is 0 Å². The highest BCUT2D eigenvalue weighted by atomic mass is 32.2. The zero-order valence-electron chi connectivity index (χ0n) is 10.0. The Hall–Kier alpha value is -1.21. The molecule has 1 aromatic rings. The third kappa shape index (κ3) is 5.60. The molecule has 0 unspecified atom stereocenters. The fraction of sp³-hybridized carbons (Fsp3) is 0.600. The maximum absolute atomic E-state index is 11.4. The van der Waals surface area contributed by atoms with Gasteiger partial charge in [0.25, 0.3) is 5.56 Å². The van der Waals surface area contributed by atoms with Crippen molar-refractivity contribution in [2.75, 3.05) is 25.1 Å². The van der Waals surface area contributed by atoms with E-state index >= 15 is 0 Å². The van der Waals surface area contributed by atoms with E-state index in [1.165, 1.54) is 17.0 Å². The lowest BCUT2D eigenvalue weighted by molar-refractivity contribution is 0.533. The zero-order valence-corrected chi connectivity index (χ0v) is 10.8. The van der Waals surface area contributed by atoms with Gasteiger partial charge < -0.3 is 5.32 Å². The topological polar surface area (TPSA) is 81.1 Å². The lowest BCUT2D eigenvalue weighted by Gasteiger charge is -2.06. The first kappa shape index (κ1) is 13.9. The molecule has 0 radical (unpaired) electrons. The van der Waals surface area contributed by atoms with Crippen LogP contribution in [0.1, 0.15) is 5.69 Å². The molecule has 1 aromatic heterocycles. The van der Waals surface area contributed by atoms with Gasteiger partial charge in [0.2, 0.25) is 0 Å². The Bertz CT molecular complexity index is 522. The first-order chi connectivity index (χ1) is 7.88. The maximum atomic E-state index is 11.4. The molecule has 0 saturated carbocycles. The van der Waals surface area contributed by atoms with Gasteiger partial charge in [0.05, 0.1) is 18.0 Å². The molecule has 0 aromatic carbocycles. The minimum Gasteiger partial charge on any atom is -0.314 e. The van der Waals surface area contributed by atoms with E-state index in [1.54, 1.807) is 6.07 Å². The Kier molecular flexibility index (Phi) is 4.83. The summed E-state index contributed by atoms with van der Waals surface area (Å²) in [7, 11) is -2.93. The van der Waals surface area contributed by atoms with Crippen LogP contribution in [0.25, 0.3) is 0 Å². The first-order valence-corrected chi connectivity index (χ1v) is 7.38. The summed E-state index contributed by atoms with van der Waals surface area (Å²) in [5.74, 6) is 0.100. The average Bonchev–Trinajstić information content (AvgIpc) is 2.21. The van der Waals surface area contributed by atoms with Gasteiger partial charge in [-0.3, -0.25) is 4.79 Å². The minimum atomic E-state index is -2.93. The standard InChI is InChI=1S/C10H17N3O3S/c1-9-3-4-10(14)13(12-9)7-5-11-6-8-17(2,15)16/h3-4,11H,5-8H2,1-2H3. The van der Waals surface area contributed by atoms with E-state index in [0.717, 1.165) is 5.69 Å². The fourth-order valence-electron chi connectivity index (χ4n) is 1.28. The van der Waals surface area contributed by atoms with Crippen LogP contribution < -0.4 is 10.9 Å². The number of sulfone groups is 1. The highest BCUT2D eigenvalue weighted by molar-refractivity contribution is 7.90. The summed E-state index contributed by atoms with van der Waals surface area (Å²) in [6.07, 6.45) is 1.20. The van der Waals surface area contributed by atoms with Crippen molar-refractivity contribution in [2.24, 2.45) is 0 Å². The van der Waals surface area contributed by atoms with Gasteiger partial charge in [0.15, 0.2) is 0 Å². The zero-order chi connectivity index (χ0) is 12.9. The number of aryl methyl sites for hydroxylation is 1. The number of aromatic nitrogens is 2. The molecule has 96 valence electrons. The number of hydrogen-bond acceptors (Lipinski definition) is 5. The summed E-state index contributed by atoms with van der Waals surface area (Å²) in [6, 6.07) is 3.13. The van der Waals surface area contributed by atoms with Crippen LogP contribution in [0.3, 0.4) is 0 Å². The molecule has 0 aliphatic carbocycles. The summed E-state index contributed by atoms with van der Waals surface area (Å²) < 4.78 is 23.1. The lowest BCUT2D eigenvalue weighted by atomic mass is 10.4. The fourth-order valence-corrected chi connectivity index (χ4v) is 1.79. The summed E-state index contributed by atoms with van der Waals surface area (Å²) in [5.41, 5.74) is 0.626. The molecule has 0 fully saturated rings. The predicted octanol–water partition coefficient (Wildman–Crippen LogP) is -0.814. The average molecular weight is 259 g/mol. The molecular weight excluding hydrogens is 242 g/mol. The second-order valence-electron chi connectivity index (χ2n) is 3.92. The van der Waals surface area contributed by atoms with Crippen molar-refractivity contribution < 1.29 is 8.42 Å². The van der Waals surface area contributed by atoms with E-state index in [4.69, 9.17) is 0 Å². The van der Waals surface area contributed by atoms with E-state index in [-0.39, 0.29) is 11.3 Å². The van der Waals surface area contributed by atoms with Gasteiger partial charge in [-0.1, -0.05) is 0 Å². The van der Waals surface area contributed by atoms with Crippen LogP contribution in [-0.2, 0) is 16.4 Å². The third-order valence-corrected chi connectivity index (χ3v) is 3.10. The molecule has 17 heavy (non-hydrogen) atoms. The van der Waals surface area contributed by atoms with E-state index in [9.17, 15) is 13.2 Å². The van der Waals surface area contributed by atoms with Crippen LogP contribution in [0, 0.1) is 6.92 Å². The number of nitrogens with one attached hydrogen (secondary N) is 1. The van der Waals surface area contributed by atoms with Gasteiger partial charge in [0, 0.05) is 25.4 Å². The van der Waals surface area contributed by atoms with E-state index in [2.05, 4.69) is 10.4 Å². The van der Waals surface area contributed by atoms with Crippen molar-refractivity contribution in [1.82, 2.24) is 15.1 Å². The second-order valence-corrected chi connectivity index (χ2v) is 6.18. The molecule has 7 heteroatoms. The van der Waals surface area contributed by atoms with Crippen molar-refractivity contribution in [3.8, 4) is 0 Å². The Morgan fingerprint density at radius 2 is 2.06 bits per heavy atom. The molecule has 1 rings (SSSR count). The van der Waals surface area contributed by atoms with E-state index in [1.807, 2.05) is 6.92 Å². The maximum Gasteiger partial charge on any atom is 0.266 e. The number of hydrogen-bond donors (Lipinski definition) is 1. The molecule has 6 nitrogen and oxygen atoms in total. The Balaban J connectivity index is 2.36. The molecule has 0 bridgehead atoms. The summed E-state index contributed by atoms with van der Waals surface area (Å²) in [6.45, 7) is 3.16. The van der Waals surface area contributed by atoms with Crippen molar-refractivity contribution >= 4 is 9.84 Å². The van der Waals surface area contributed by atoms with Crippen molar-refractivity contribution in [2.45, 2.75) is 13.5 Å². The van der Waals surface area contributed by atoms with Crippen LogP contribution in [0.15, 0.2) is 16.9 Å². The molecule has 0 aliphatic heterocycles. The Morgan fingerprint density at radius 1 is 1.35 bits per heavy atom. The van der Waals surface area contributed by atoms with Crippen molar-refractivity contribution in [3.05, 3.63) is 28.2 Å². The van der Waals surface area contributed by atoms with Crippen LogP contribution in [-0.4, -0.2) is 43.3 Å². The minimum absolute atomic E-state index is 0.100. The predicted molar refractivity (Wildman–Crippen MR) is 65.8 cm³/mol. The molecule has 0 saturated heterocycles. The summed E-state index contributed by atoms with van der Waals surface area (Å²) in [4.78, 5) is 11.4. The second kappa shape index (κ2) is 5.92. The van der Waals surface area contributed by atoms with Crippen LogP contribution in [0.4, 0.5) is 0 Å². The largest absolute Gasteiger partial charge is 0.314 e. The molecular formula is C10H17N3O3S. The highest BCUT2D eigenvalue weighted by Gasteiger charge is 2.01. The lowest BCUT2D eigenvalue weighted by Crippen LogP contribution is -2.30. The smallest absolute Gasteiger partial charge is 0.266 e. The van der Waals surface area contributed by atoms with Gasteiger partial charge in [-0.2, -0.15) is 5.10 Å². The Labute approximate surface area is 101 Å². The van der Waals surface area contributed by atoms with Gasteiger partial charge in [-0.05, 0) is 13.0 Å². The molecule has 0 spiro atoms. The van der Waals surface area contributed by atoms with E-state index < -0.39 is 9.84 Å². The Morgan fingerprint density at radius 3 is 2.71 bits per heavy atom. The van der Waals surface area contributed by atoms with Crippen LogP contribution in [0.2, 0.25) is 0 Å². The normalized spacial score (nSPS) is 11.6. The highest BCUT2D eigenvalue weighted by Crippen LogP contribution is 1.85. The van der Waals surface area contributed by atoms with Crippen molar-refractivity contribution in [3.63, 3.8) is 0 Å². The van der Waals surface area contributed by atoms with Crippen LogP contribution in [0.5, 0.6) is 0 Å².